The third kappa shape index (κ3) is 2.94. The molecule has 16 heavy (non-hydrogen) atoms. The molecule has 1 aliphatic rings. The molecule has 0 saturated carbocycles. The number of carbonyl (C=O) groups is 1. The lowest BCUT2D eigenvalue weighted by atomic mass is 10.1. The van der Waals surface area contributed by atoms with Gasteiger partial charge >= 0.3 is 0 Å². The van der Waals surface area contributed by atoms with E-state index >= 15 is 0 Å². The van der Waals surface area contributed by atoms with Crippen molar-refractivity contribution in [2.24, 2.45) is 0 Å². The Morgan fingerprint density at radius 1 is 1.38 bits per heavy atom. The summed E-state index contributed by atoms with van der Waals surface area (Å²) in [4.78, 5) is 15.9. The van der Waals surface area contributed by atoms with Crippen LogP contribution in [-0.2, 0) is 9.53 Å². The van der Waals surface area contributed by atoms with Gasteiger partial charge in [-0.05, 0) is 13.8 Å². The number of hydrogen-bond donors (Lipinski definition) is 0. The Morgan fingerprint density at radius 3 is 2.38 bits per heavy atom. The Bertz CT molecular complexity index is 288. The summed E-state index contributed by atoms with van der Waals surface area (Å²) in [6.07, 6.45) is 0. The van der Waals surface area contributed by atoms with Crippen molar-refractivity contribution in [1.29, 1.82) is 5.26 Å². The summed E-state index contributed by atoms with van der Waals surface area (Å²) in [6, 6.07) is 2.12. The molecule has 1 heterocycles. The molecule has 5 nitrogen and oxygen atoms in total. The number of ether oxygens (including phenoxy) is 1. The molecule has 0 aromatic rings. The summed E-state index contributed by atoms with van der Waals surface area (Å²) in [5, 5.41) is 8.57. The van der Waals surface area contributed by atoms with Crippen molar-refractivity contribution in [2.75, 3.05) is 39.8 Å². The Hall–Kier alpha value is -1.12. The lowest BCUT2D eigenvalue weighted by molar-refractivity contribution is -0.152. The van der Waals surface area contributed by atoms with Crippen molar-refractivity contribution < 1.29 is 9.53 Å². The molecule has 90 valence electrons. The molecule has 0 aromatic carbocycles. The van der Waals surface area contributed by atoms with Crippen LogP contribution in [-0.4, -0.2) is 61.1 Å². The molecule has 1 amide bonds. The minimum atomic E-state index is -0.753. The zero-order chi connectivity index (χ0) is 12.2. The molecule has 0 spiro atoms. The maximum absolute atomic E-state index is 12.0. The molecule has 1 fully saturated rings. The maximum Gasteiger partial charge on any atom is 0.254 e. The summed E-state index contributed by atoms with van der Waals surface area (Å²) in [5.74, 6) is 0.0200. The van der Waals surface area contributed by atoms with Crippen LogP contribution < -0.4 is 0 Å². The highest BCUT2D eigenvalue weighted by Crippen LogP contribution is 2.14. The fourth-order valence-electron chi connectivity index (χ4n) is 1.68. The smallest absolute Gasteiger partial charge is 0.254 e. The average molecular weight is 225 g/mol. The van der Waals surface area contributed by atoms with Gasteiger partial charge in [-0.25, -0.2) is 0 Å². The Morgan fingerprint density at radius 2 is 1.94 bits per heavy atom. The zero-order valence-electron chi connectivity index (χ0n) is 10.2. The van der Waals surface area contributed by atoms with E-state index in [-0.39, 0.29) is 5.91 Å². The molecular weight excluding hydrogens is 206 g/mol. The zero-order valence-corrected chi connectivity index (χ0v) is 10.2. The predicted molar refractivity (Wildman–Crippen MR) is 59.7 cm³/mol. The Balaban J connectivity index is 2.48. The van der Waals surface area contributed by atoms with E-state index < -0.39 is 5.60 Å². The number of rotatable bonds is 3. The van der Waals surface area contributed by atoms with Crippen molar-refractivity contribution in [3.05, 3.63) is 0 Å². The van der Waals surface area contributed by atoms with Gasteiger partial charge in [0.15, 0.2) is 0 Å². The van der Waals surface area contributed by atoms with Crippen LogP contribution in [0.25, 0.3) is 0 Å². The molecule has 0 N–H and O–H groups in total. The van der Waals surface area contributed by atoms with E-state index in [1.54, 1.807) is 25.9 Å². The van der Waals surface area contributed by atoms with Crippen LogP contribution in [0.2, 0.25) is 0 Å². The summed E-state index contributed by atoms with van der Waals surface area (Å²) < 4.78 is 5.17. The van der Waals surface area contributed by atoms with Crippen molar-refractivity contribution in [1.82, 2.24) is 9.80 Å². The normalized spacial score (nSPS) is 18.2. The van der Waals surface area contributed by atoms with Crippen LogP contribution in [0.15, 0.2) is 0 Å². The highest BCUT2D eigenvalue weighted by Gasteiger charge is 2.33. The minimum Gasteiger partial charge on any atom is -0.369 e. The quantitative estimate of drug-likeness (QED) is 0.638. The lowest BCUT2D eigenvalue weighted by Gasteiger charge is -2.37. The number of nitriles is 1. The van der Waals surface area contributed by atoms with Crippen LogP contribution in [0.5, 0.6) is 0 Å². The Labute approximate surface area is 96.6 Å². The number of amides is 1. The van der Waals surface area contributed by atoms with Crippen LogP contribution in [0.4, 0.5) is 0 Å². The van der Waals surface area contributed by atoms with E-state index in [0.29, 0.717) is 19.6 Å². The van der Waals surface area contributed by atoms with Crippen molar-refractivity contribution >= 4 is 5.91 Å². The number of piperazine rings is 1. The van der Waals surface area contributed by atoms with Gasteiger partial charge in [0.2, 0.25) is 0 Å². The first-order chi connectivity index (χ1) is 7.51. The van der Waals surface area contributed by atoms with Gasteiger partial charge in [-0.2, -0.15) is 5.26 Å². The fraction of sp³-hybridized carbons (Fsp3) is 0.818. The molecule has 0 aliphatic carbocycles. The fourth-order valence-corrected chi connectivity index (χ4v) is 1.68. The van der Waals surface area contributed by atoms with E-state index in [9.17, 15) is 4.79 Å². The number of methoxy groups -OCH3 is 1. The van der Waals surface area contributed by atoms with Crippen LogP contribution in [0, 0.1) is 11.3 Å². The third-order valence-corrected chi connectivity index (χ3v) is 2.98. The molecule has 0 bridgehead atoms. The first-order valence-electron chi connectivity index (χ1n) is 5.45. The van der Waals surface area contributed by atoms with Gasteiger partial charge in [-0.15, -0.1) is 0 Å². The van der Waals surface area contributed by atoms with Gasteiger partial charge in [0, 0.05) is 33.3 Å². The van der Waals surface area contributed by atoms with Gasteiger partial charge < -0.3 is 9.64 Å². The lowest BCUT2D eigenvalue weighted by Crippen LogP contribution is -2.54. The highest BCUT2D eigenvalue weighted by molar-refractivity contribution is 5.84. The van der Waals surface area contributed by atoms with Gasteiger partial charge in [0.25, 0.3) is 5.91 Å². The van der Waals surface area contributed by atoms with Gasteiger partial charge in [0.05, 0.1) is 12.6 Å². The molecule has 0 atom stereocenters. The third-order valence-electron chi connectivity index (χ3n) is 2.98. The minimum absolute atomic E-state index is 0.0200. The van der Waals surface area contributed by atoms with Crippen LogP contribution in [0.3, 0.4) is 0 Å². The first kappa shape index (κ1) is 12.9. The summed E-state index contributed by atoms with van der Waals surface area (Å²) in [7, 11) is 1.55. The predicted octanol–water partition coefficient (Wildman–Crippen LogP) is 0.0792. The van der Waals surface area contributed by atoms with E-state index in [1.807, 2.05) is 4.90 Å². The molecule has 5 heteroatoms. The molecule has 1 saturated heterocycles. The van der Waals surface area contributed by atoms with Gasteiger partial charge in [0.1, 0.15) is 5.60 Å². The summed E-state index contributed by atoms with van der Waals surface area (Å²) >= 11 is 0. The van der Waals surface area contributed by atoms with Gasteiger partial charge in [-0.1, -0.05) is 0 Å². The Kier molecular flexibility index (Phi) is 4.27. The second kappa shape index (κ2) is 5.28. The maximum atomic E-state index is 12.0. The molecular formula is C11H19N3O2. The van der Waals surface area contributed by atoms with Gasteiger partial charge in [-0.3, -0.25) is 9.69 Å². The van der Waals surface area contributed by atoms with Crippen molar-refractivity contribution in [3.63, 3.8) is 0 Å². The molecule has 0 radical (unpaired) electrons. The van der Waals surface area contributed by atoms with Crippen molar-refractivity contribution in [2.45, 2.75) is 19.4 Å². The monoisotopic (exact) mass is 225 g/mol. The van der Waals surface area contributed by atoms with E-state index in [1.165, 1.54) is 0 Å². The van der Waals surface area contributed by atoms with E-state index in [4.69, 9.17) is 10.00 Å². The van der Waals surface area contributed by atoms with Crippen molar-refractivity contribution in [3.8, 4) is 6.07 Å². The summed E-state index contributed by atoms with van der Waals surface area (Å²) in [6.45, 7) is 6.86. The second-order valence-electron chi connectivity index (χ2n) is 4.44. The van der Waals surface area contributed by atoms with Crippen LogP contribution in [0.1, 0.15) is 13.8 Å². The topological polar surface area (TPSA) is 56.6 Å². The first-order valence-corrected chi connectivity index (χ1v) is 5.45. The number of nitrogens with zero attached hydrogens (tertiary/aromatic N) is 3. The SMILES string of the molecule is COC(C)(C)C(=O)N1CCN(CC#N)CC1. The highest BCUT2D eigenvalue weighted by atomic mass is 16.5. The molecule has 0 unspecified atom stereocenters. The molecule has 1 rings (SSSR count). The standard InChI is InChI=1S/C11H19N3O2/c1-11(2,16-3)10(15)14-8-6-13(5-4-12)7-9-14/h5-9H2,1-3H3. The average Bonchev–Trinajstić information content (AvgIpc) is 2.29. The molecule has 1 aliphatic heterocycles. The summed E-state index contributed by atoms with van der Waals surface area (Å²) in [5.41, 5.74) is -0.753. The number of hydrogen-bond acceptors (Lipinski definition) is 4. The number of carbonyl (C=O) groups excluding carboxylic acids is 1. The van der Waals surface area contributed by atoms with Crippen LogP contribution >= 0.6 is 0 Å². The largest absolute Gasteiger partial charge is 0.369 e. The van der Waals surface area contributed by atoms with E-state index in [0.717, 1.165) is 13.1 Å². The second-order valence-corrected chi connectivity index (χ2v) is 4.44. The van der Waals surface area contributed by atoms with E-state index in [2.05, 4.69) is 6.07 Å². The molecule has 0 aromatic heterocycles.